The van der Waals surface area contributed by atoms with Crippen LogP contribution >= 0.6 is 0 Å². The minimum atomic E-state index is -0.567. The van der Waals surface area contributed by atoms with Gasteiger partial charge < -0.3 is 0 Å². The van der Waals surface area contributed by atoms with Gasteiger partial charge in [-0.3, -0.25) is 24.8 Å². The Kier molecular flexibility index (Phi) is 5.18. The highest BCUT2D eigenvalue weighted by Crippen LogP contribution is 2.28. The van der Waals surface area contributed by atoms with E-state index in [9.17, 15) is 18.8 Å². The van der Waals surface area contributed by atoms with E-state index in [1.807, 2.05) is 18.2 Å². The normalized spacial score (nSPS) is 19.2. The zero-order valence-electron chi connectivity index (χ0n) is 17.4. The quantitative estimate of drug-likeness (QED) is 0.797. The maximum Gasteiger partial charge on any atom is 0.342 e. The van der Waals surface area contributed by atoms with E-state index in [4.69, 9.17) is 0 Å². The van der Waals surface area contributed by atoms with Crippen LogP contribution in [0, 0.1) is 5.82 Å². The standard InChI is InChI=1S/C23H22FN5O3/c24-19-2-1-8-25-21(19)16-5-9-27(10-6-16)13-15-3-4-18-17(12-15)14-29(22(18)31)28-11-7-20(30)26-23(28)32/h1-5,8,12H,6-7,9-11,13-14H2,(H,26,30,32). The summed E-state index contributed by atoms with van der Waals surface area (Å²) >= 11 is 0. The first kappa shape index (κ1) is 20.3. The molecule has 1 fully saturated rings. The number of hydrazine groups is 1. The predicted octanol–water partition coefficient (Wildman–Crippen LogP) is 2.32. The predicted molar refractivity (Wildman–Crippen MR) is 113 cm³/mol. The number of carbonyl (C=O) groups excluding carboxylic acids is 3. The number of amides is 4. The lowest BCUT2D eigenvalue weighted by Crippen LogP contribution is -2.56. The lowest BCUT2D eigenvalue weighted by atomic mass is 10.0. The number of hydrogen-bond donors (Lipinski definition) is 1. The van der Waals surface area contributed by atoms with Crippen molar-refractivity contribution < 1.29 is 18.8 Å². The van der Waals surface area contributed by atoms with Gasteiger partial charge in [0.25, 0.3) is 5.91 Å². The lowest BCUT2D eigenvalue weighted by Gasteiger charge is -2.33. The Bertz CT molecular complexity index is 1150. The Labute approximate surface area is 184 Å². The average Bonchev–Trinajstić information content (AvgIpc) is 3.10. The van der Waals surface area contributed by atoms with Crippen molar-refractivity contribution in [2.24, 2.45) is 0 Å². The van der Waals surface area contributed by atoms with Gasteiger partial charge in [0.2, 0.25) is 5.91 Å². The van der Waals surface area contributed by atoms with E-state index in [1.54, 1.807) is 18.3 Å². The highest BCUT2D eigenvalue weighted by molar-refractivity contribution is 6.01. The molecule has 5 rings (SSSR count). The van der Waals surface area contributed by atoms with Crippen LogP contribution in [0.25, 0.3) is 5.57 Å². The first-order valence-electron chi connectivity index (χ1n) is 10.6. The van der Waals surface area contributed by atoms with Gasteiger partial charge in [-0.05, 0) is 41.3 Å². The third-order valence-electron chi connectivity index (χ3n) is 6.04. The summed E-state index contributed by atoms with van der Waals surface area (Å²) < 4.78 is 14.0. The first-order valence-corrected chi connectivity index (χ1v) is 10.6. The molecule has 0 bridgehead atoms. The number of nitrogens with one attached hydrogen (secondary N) is 1. The Balaban J connectivity index is 1.26. The third kappa shape index (κ3) is 3.75. The number of hydrogen-bond acceptors (Lipinski definition) is 5. The van der Waals surface area contributed by atoms with Crippen molar-refractivity contribution in [3.05, 3.63) is 70.8 Å². The molecule has 1 aromatic heterocycles. The van der Waals surface area contributed by atoms with E-state index < -0.39 is 6.03 Å². The Morgan fingerprint density at radius 3 is 2.69 bits per heavy atom. The second-order valence-electron chi connectivity index (χ2n) is 8.13. The maximum atomic E-state index is 14.0. The van der Waals surface area contributed by atoms with Crippen LogP contribution in [0.15, 0.2) is 42.6 Å². The second kappa shape index (κ2) is 8.16. The summed E-state index contributed by atoms with van der Waals surface area (Å²) in [5, 5.41) is 4.95. The van der Waals surface area contributed by atoms with E-state index in [0.29, 0.717) is 37.3 Å². The summed E-state index contributed by atoms with van der Waals surface area (Å²) in [4.78, 5) is 42.7. The zero-order chi connectivity index (χ0) is 22.2. The fraction of sp³-hybridized carbons (Fsp3) is 0.304. The average molecular weight is 435 g/mol. The molecule has 0 spiro atoms. The van der Waals surface area contributed by atoms with Crippen LogP contribution < -0.4 is 5.32 Å². The highest BCUT2D eigenvalue weighted by Gasteiger charge is 2.36. The molecule has 164 valence electrons. The summed E-state index contributed by atoms with van der Waals surface area (Å²) in [6, 6.07) is 8.17. The molecule has 0 saturated carbocycles. The number of rotatable bonds is 4. The van der Waals surface area contributed by atoms with Crippen LogP contribution in [-0.4, -0.2) is 57.4 Å². The first-order chi connectivity index (χ1) is 15.5. The number of fused-ring (bicyclic) bond motifs is 1. The minimum Gasteiger partial charge on any atom is -0.295 e. The molecule has 4 amide bonds. The summed E-state index contributed by atoms with van der Waals surface area (Å²) in [6.07, 6.45) is 4.51. The monoisotopic (exact) mass is 435 g/mol. The van der Waals surface area contributed by atoms with Crippen molar-refractivity contribution in [3.63, 3.8) is 0 Å². The van der Waals surface area contributed by atoms with E-state index in [0.717, 1.165) is 23.2 Å². The van der Waals surface area contributed by atoms with Crippen LogP contribution in [0.2, 0.25) is 0 Å². The second-order valence-corrected chi connectivity index (χ2v) is 8.13. The molecular weight excluding hydrogens is 413 g/mol. The SMILES string of the molecule is O=C1CCN(N2Cc3cc(CN4CC=C(c5ncccc5F)CC4)ccc3C2=O)C(=O)N1. The summed E-state index contributed by atoms with van der Waals surface area (Å²) in [6.45, 7) is 2.67. The fourth-order valence-corrected chi connectivity index (χ4v) is 4.39. The molecule has 0 atom stereocenters. The van der Waals surface area contributed by atoms with Gasteiger partial charge in [-0.2, -0.15) is 0 Å². The molecule has 1 saturated heterocycles. The molecule has 2 aromatic rings. The third-order valence-corrected chi connectivity index (χ3v) is 6.04. The lowest BCUT2D eigenvalue weighted by molar-refractivity contribution is -0.123. The van der Waals surface area contributed by atoms with Crippen molar-refractivity contribution in [1.29, 1.82) is 0 Å². The van der Waals surface area contributed by atoms with Crippen LogP contribution in [0.5, 0.6) is 0 Å². The molecule has 4 heterocycles. The molecule has 0 aliphatic carbocycles. The molecule has 0 radical (unpaired) electrons. The summed E-state index contributed by atoms with van der Waals surface area (Å²) in [7, 11) is 0. The van der Waals surface area contributed by atoms with Gasteiger partial charge in [0.1, 0.15) is 11.5 Å². The van der Waals surface area contributed by atoms with Crippen LogP contribution in [-0.2, 0) is 17.9 Å². The van der Waals surface area contributed by atoms with Gasteiger partial charge in [0.15, 0.2) is 0 Å². The minimum absolute atomic E-state index is 0.171. The van der Waals surface area contributed by atoms with Crippen LogP contribution in [0.4, 0.5) is 9.18 Å². The van der Waals surface area contributed by atoms with E-state index >= 15 is 0 Å². The van der Waals surface area contributed by atoms with Crippen molar-refractivity contribution in [2.75, 3.05) is 19.6 Å². The Morgan fingerprint density at radius 1 is 1.06 bits per heavy atom. The van der Waals surface area contributed by atoms with Gasteiger partial charge in [-0.15, -0.1) is 0 Å². The number of pyridine rings is 1. The number of imide groups is 1. The zero-order valence-corrected chi connectivity index (χ0v) is 17.4. The molecule has 0 unspecified atom stereocenters. The smallest absolute Gasteiger partial charge is 0.295 e. The van der Waals surface area contributed by atoms with Gasteiger partial charge in [-0.1, -0.05) is 18.2 Å². The van der Waals surface area contributed by atoms with Gasteiger partial charge in [0, 0.05) is 37.8 Å². The van der Waals surface area contributed by atoms with Gasteiger partial charge in [-0.25, -0.2) is 19.2 Å². The molecule has 3 aliphatic heterocycles. The Hall–Kier alpha value is -3.59. The topological polar surface area (TPSA) is 85.9 Å². The van der Waals surface area contributed by atoms with Crippen molar-refractivity contribution >= 4 is 23.4 Å². The number of halogens is 1. The summed E-state index contributed by atoms with van der Waals surface area (Å²) in [5.74, 6) is -0.868. The van der Waals surface area contributed by atoms with E-state index in [-0.39, 0.29) is 30.6 Å². The van der Waals surface area contributed by atoms with Crippen molar-refractivity contribution in [3.8, 4) is 0 Å². The van der Waals surface area contributed by atoms with Crippen molar-refractivity contribution in [2.45, 2.75) is 25.9 Å². The maximum absolute atomic E-state index is 14.0. The largest absolute Gasteiger partial charge is 0.342 e. The molecular formula is C23H22FN5O3. The number of urea groups is 1. The number of benzene rings is 1. The highest BCUT2D eigenvalue weighted by atomic mass is 19.1. The Morgan fingerprint density at radius 2 is 1.94 bits per heavy atom. The van der Waals surface area contributed by atoms with Crippen molar-refractivity contribution in [1.82, 2.24) is 25.2 Å². The molecule has 9 heteroatoms. The molecule has 8 nitrogen and oxygen atoms in total. The summed E-state index contributed by atoms with van der Waals surface area (Å²) in [5.41, 5.74) is 3.85. The number of carbonyl (C=O) groups is 3. The molecule has 1 aromatic carbocycles. The van der Waals surface area contributed by atoms with E-state index in [1.165, 1.54) is 16.1 Å². The van der Waals surface area contributed by atoms with Crippen LogP contribution in [0.3, 0.4) is 0 Å². The van der Waals surface area contributed by atoms with Crippen LogP contribution in [0.1, 0.15) is 40.0 Å². The number of nitrogens with zero attached hydrogens (tertiary/aromatic N) is 4. The molecule has 3 aliphatic rings. The molecule has 32 heavy (non-hydrogen) atoms. The van der Waals surface area contributed by atoms with Gasteiger partial charge in [0.05, 0.1) is 13.1 Å². The van der Waals surface area contributed by atoms with E-state index in [2.05, 4.69) is 15.2 Å². The number of aromatic nitrogens is 1. The fourth-order valence-electron chi connectivity index (χ4n) is 4.39. The van der Waals surface area contributed by atoms with Gasteiger partial charge >= 0.3 is 6.03 Å². The molecule has 1 N–H and O–H groups in total.